The molecule has 144 valence electrons. The van der Waals surface area contributed by atoms with Gasteiger partial charge in [0.05, 0.1) is 12.6 Å². The van der Waals surface area contributed by atoms with Crippen LogP contribution in [0, 0.1) is 13.8 Å². The molecule has 2 aromatic carbocycles. The lowest BCUT2D eigenvalue weighted by Gasteiger charge is -2.25. The zero-order valence-corrected chi connectivity index (χ0v) is 16.3. The van der Waals surface area contributed by atoms with Crippen LogP contribution in [0.15, 0.2) is 59.1 Å². The van der Waals surface area contributed by atoms with Gasteiger partial charge in [-0.3, -0.25) is 0 Å². The van der Waals surface area contributed by atoms with E-state index in [1.165, 1.54) is 16.7 Å². The third kappa shape index (κ3) is 3.79. The summed E-state index contributed by atoms with van der Waals surface area (Å²) < 4.78 is 5.39. The van der Waals surface area contributed by atoms with E-state index in [4.69, 9.17) is 4.52 Å². The second-order valence-electron chi connectivity index (χ2n) is 7.40. The zero-order valence-electron chi connectivity index (χ0n) is 16.3. The van der Waals surface area contributed by atoms with Crippen molar-refractivity contribution >= 4 is 6.03 Å². The predicted molar refractivity (Wildman–Crippen MR) is 109 cm³/mol. The Morgan fingerprint density at radius 1 is 1.14 bits per heavy atom. The summed E-state index contributed by atoms with van der Waals surface area (Å²) in [7, 11) is 0. The van der Waals surface area contributed by atoms with E-state index in [0.29, 0.717) is 12.3 Å². The molecule has 1 N–H and O–H groups in total. The highest BCUT2D eigenvalue weighted by atomic mass is 16.5. The number of benzene rings is 2. The van der Waals surface area contributed by atoms with Crippen LogP contribution in [0.3, 0.4) is 0 Å². The Labute approximate surface area is 165 Å². The van der Waals surface area contributed by atoms with Crippen molar-refractivity contribution in [2.24, 2.45) is 0 Å². The Morgan fingerprint density at radius 3 is 2.75 bits per heavy atom. The van der Waals surface area contributed by atoms with Crippen LogP contribution in [0.1, 0.15) is 41.3 Å². The molecule has 1 aromatic heterocycles. The van der Waals surface area contributed by atoms with E-state index >= 15 is 0 Å². The number of hydrogen-bond acceptors (Lipinski definition) is 3. The van der Waals surface area contributed by atoms with Crippen molar-refractivity contribution in [2.75, 3.05) is 6.54 Å². The number of likely N-dealkylation sites (tertiary alicyclic amines) is 1. The molecule has 28 heavy (non-hydrogen) atoms. The highest BCUT2D eigenvalue weighted by Gasteiger charge is 2.30. The van der Waals surface area contributed by atoms with Crippen LogP contribution >= 0.6 is 0 Å². The molecular weight excluding hydrogens is 350 g/mol. The number of aromatic nitrogens is 1. The van der Waals surface area contributed by atoms with Gasteiger partial charge in [0.15, 0.2) is 5.76 Å². The maximum absolute atomic E-state index is 12.8. The minimum atomic E-state index is -0.0570. The summed E-state index contributed by atoms with van der Waals surface area (Å²) in [5.41, 5.74) is 5.52. The molecule has 3 aromatic rings. The molecule has 5 heteroatoms. The smallest absolute Gasteiger partial charge is 0.318 e. The van der Waals surface area contributed by atoms with E-state index < -0.39 is 0 Å². The number of aryl methyl sites for hydroxylation is 2. The van der Waals surface area contributed by atoms with Crippen molar-refractivity contribution in [3.05, 3.63) is 77.0 Å². The summed E-state index contributed by atoms with van der Waals surface area (Å²) >= 11 is 0. The van der Waals surface area contributed by atoms with Gasteiger partial charge in [-0.15, -0.1) is 0 Å². The lowest BCUT2D eigenvalue weighted by atomic mass is 9.99. The Kier molecular flexibility index (Phi) is 5.15. The van der Waals surface area contributed by atoms with Crippen molar-refractivity contribution in [1.29, 1.82) is 0 Å². The minimum Gasteiger partial charge on any atom is -0.359 e. The van der Waals surface area contributed by atoms with Gasteiger partial charge in [0.25, 0.3) is 0 Å². The Bertz CT molecular complexity index is 965. The van der Waals surface area contributed by atoms with Crippen LogP contribution in [0.4, 0.5) is 4.79 Å². The van der Waals surface area contributed by atoms with Gasteiger partial charge in [0.2, 0.25) is 0 Å². The molecule has 0 saturated carbocycles. The lowest BCUT2D eigenvalue weighted by Crippen LogP contribution is -2.39. The first-order valence-corrected chi connectivity index (χ1v) is 9.74. The number of urea groups is 1. The second-order valence-corrected chi connectivity index (χ2v) is 7.40. The first-order valence-electron chi connectivity index (χ1n) is 9.74. The number of carbonyl (C=O) groups is 1. The van der Waals surface area contributed by atoms with Gasteiger partial charge < -0.3 is 14.7 Å². The number of nitrogens with one attached hydrogen (secondary N) is 1. The molecule has 0 spiro atoms. The fraction of sp³-hybridized carbons (Fsp3) is 0.304. The molecule has 1 aliphatic heterocycles. The minimum absolute atomic E-state index is 0.0570. The van der Waals surface area contributed by atoms with Crippen LogP contribution in [0.5, 0.6) is 0 Å². The van der Waals surface area contributed by atoms with Gasteiger partial charge in [-0.05, 0) is 43.4 Å². The Morgan fingerprint density at radius 2 is 1.96 bits per heavy atom. The third-order valence-corrected chi connectivity index (χ3v) is 5.47. The molecule has 1 fully saturated rings. The number of amides is 2. The molecule has 0 bridgehead atoms. The first kappa shape index (κ1) is 18.3. The van der Waals surface area contributed by atoms with Crippen LogP contribution in [0.25, 0.3) is 11.3 Å². The fourth-order valence-corrected chi connectivity index (χ4v) is 3.73. The highest BCUT2D eigenvalue weighted by molar-refractivity contribution is 5.75. The van der Waals surface area contributed by atoms with Gasteiger partial charge >= 0.3 is 6.03 Å². The largest absolute Gasteiger partial charge is 0.359 e. The van der Waals surface area contributed by atoms with Gasteiger partial charge in [-0.25, -0.2) is 4.79 Å². The summed E-state index contributed by atoms with van der Waals surface area (Å²) in [6, 6.07) is 18.3. The van der Waals surface area contributed by atoms with E-state index in [1.54, 1.807) is 0 Å². The lowest BCUT2D eigenvalue weighted by molar-refractivity contribution is 0.191. The molecule has 0 radical (unpaired) electrons. The zero-order chi connectivity index (χ0) is 19.5. The average Bonchev–Trinajstić information content (AvgIpc) is 3.39. The maximum Gasteiger partial charge on any atom is 0.318 e. The summed E-state index contributed by atoms with van der Waals surface area (Å²) in [5, 5.41) is 7.09. The Balaban J connectivity index is 1.40. The SMILES string of the molecule is Cc1ccc([C@H]2CCCN2C(=O)NCc2cc(-c3ccccc3)no2)cc1C. The average molecular weight is 375 g/mol. The molecule has 4 rings (SSSR count). The van der Waals surface area contributed by atoms with E-state index in [2.05, 4.69) is 42.5 Å². The van der Waals surface area contributed by atoms with Crippen LogP contribution in [0.2, 0.25) is 0 Å². The van der Waals surface area contributed by atoms with E-state index in [0.717, 1.165) is 30.6 Å². The number of rotatable bonds is 4. The summed E-state index contributed by atoms with van der Waals surface area (Å²) in [5.74, 6) is 0.647. The molecule has 5 nitrogen and oxygen atoms in total. The quantitative estimate of drug-likeness (QED) is 0.698. The summed E-state index contributed by atoms with van der Waals surface area (Å²) in [6.45, 7) is 5.33. The summed E-state index contributed by atoms with van der Waals surface area (Å²) in [6.07, 6.45) is 2.02. The first-order chi connectivity index (χ1) is 13.6. The van der Waals surface area contributed by atoms with E-state index in [9.17, 15) is 4.79 Å². The molecule has 1 aliphatic rings. The molecule has 2 amide bonds. The van der Waals surface area contributed by atoms with E-state index in [1.807, 2.05) is 41.3 Å². The van der Waals surface area contributed by atoms with Gasteiger partial charge in [0.1, 0.15) is 5.69 Å². The molecule has 1 saturated heterocycles. The molecule has 0 unspecified atom stereocenters. The number of nitrogens with zero attached hydrogens (tertiary/aromatic N) is 2. The number of hydrogen-bond donors (Lipinski definition) is 1. The van der Waals surface area contributed by atoms with Crippen LogP contribution in [-0.2, 0) is 6.54 Å². The van der Waals surface area contributed by atoms with Crippen LogP contribution in [-0.4, -0.2) is 22.6 Å². The normalized spacial score (nSPS) is 16.4. The van der Waals surface area contributed by atoms with Crippen molar-refractivity contribution in [2.45, 2.75) is 39.3 Å². The molecule has 2 heterocycles. The fourth-order valence-electron chi connectivity index (χ4n) is 3.73. The van der Waals surface area contributed by atoms with Gasteiger partial charge in [-0.1, -0.05) is 53.7 Å². The predicted octanol–water partition coefficient (Wildman–Crippen LogP) is 5.01. The Hall–Kier alpha value is -3.08. The third-order valence-electron chi connectivity index (χ3n) is 5.47. The van der Waals surface area contributed by atoms with Crippen molar-refractivity contribution in [1.82, 2.24) is 15.4 Å². The van der Waals surface area contributed by atoms with Crippen molar-refractivity contribution in [3.8, 4) is 11.3 Å². The monoisotopic (exact) mass is 375 g/mol. The highest BCUT2D eigenvalue weighted by Crippen LogP contribution is 2.32. The standard InChI is InChI=1S/C23H25N3O2/c1-16-10-11-19(13-17(16)2)22-9-6-12-26(22)23(27)24-15-20-14-21(25-28-20)18-7-4-3-5-8-18/h3-5,7-8,10-11,13-14,22H,6,9,12,15H2,1-2H3,(H,24,27)/t22-/m1/s1. The van der Waals surface area contributed by atoms with Crippen molar-refractivity contribution < 1.29 is 9.32 Å². The van der Waals surface area contributed by atoms with Crippen LogP contribution < -0.4 is 5.32 Å². The molecule has 1 atom stereocenters. The maximum atomic E-state index is 12.8. The van der Waals surface area contributed by atoms with Gasteiger partial charge in [0, 0.05) is 18.2 Å². The second kappa shape index (κ2) is 7.89. The molecular formula is C23H25N3O2. The van der Waals surface area contributed by atoms with Gasteiger partial charge in [-0.2, -0.15) is 0 Å². The van der Waals surface area contributed by atoms with E-state index in [-0.39, 0.29) is 12.1 Å². The number of carbonyl (C=O) groups excluding carboxylic acids is 1. The summed E-state index contributed by atoms with van der Waals surface area (Å²) in [4.78, 5) is 14.7. The molecule has 0 aliphatic carbocycles. The van der Waals surface area contributed by atoms with Crippen molar-refractivity contribution in [3.63, 3.8) is 0 Å². The topological polar surface area (TPSA) is 58.4 Å².